The van der Waals surface area contributed by atoms with E-state index in [-0.39, 0.29) is 6.04 Å². The topological polar surface area (TPSA) is 54.2 Å². The van der Waals surface area contributed by atoms with Crippen LogP contribution in [0.25, 0.3) is 11.0 Å². The normalized spacial score (nSPS) is 19.4. The maximum absolute atomic E-state index is 11.5. The van der Waals surface area contributed by atoms with Gasteiger partial charge in [-0.15, -0.1) is 5.10 Å². The van der Waals surface area contributed by atoms with Gasteiger partial charge in [0.05, 0.1) is 11.1 Å². The predicted molar refractivity (Wildman–Crippen MR) is 93.8 cm³/mol. The lowest BCUT2D eigenvalue weighted by molar-refractivity contribution is -0.0482. The molecule has 0 saturated carbocycles. The molecule has 2 aromatic carbocycles. The SMILES string of the molecule is CN1CCC(O)([C@H](c2ccccc2)n2nnc3ccccc32)CC1. The standard InChI is InChI=1S/C19H22N4O/c1-22-13-11-19(24,12-14-22)18(15-7-3-2-4-8-15)23-17-10-6-5-9-16(17)20-21-23/h2-10,18,24H,11-14H2,1H3/t18-/m0/s1. The van der Waals surface area contributed by atoms with Crippen LogP contribution in [0.5, 0.6) is 0 Å². The van der Waals surface area contributed by atoms with Crippen molar-refractivity contribution in [2.24, 2.45) is 0 Å². The molecule has 0 radical (unpaired) electrons. The summed E-state index contributed by atoms with van der Waals surface area (Å²) < 4.78 is 1.90. The minimum Gasteiger partial charge on any atom is -0.387 e. The average Bonchev–Trinajstić information content (AvgIpc) is 3.03. The van der Waals surface area contributed by atoms with E-state index >= 15 is 0 Å². The highest BCUT2D eigenvalue weighted by atomic mass is 16.3. The summed E-state index contributed by atoms with van der Waals surface area (Å²) in [5.74, 6) is 0. The van der Waals surface area contributed by atoms with Crippen molar-refractivity contribution in [1.29, 1.82) is 0 Å². The van der Waals surface area contributed by atoms with E-state index in [0.29, 0.717) is 0 Å². The van der Waals surface area contributed by atoms with E-state index in [2.05, 4.69) is 34.4 Å². The van der Waals surface area contributed by atoms with Crippen molar-refractivity contribution in [3.05, 3.63) is 60.2 Å². The molecule has 1 aliphatic rings. The lowest BCUT2D eigenvalue weighted by Crippen LogP contribution is -2.49. The summed E-state index contributed by atoms with van der Waals surface area (Å²) in [5.41, 5.74) is 2.05. The molecule has 5 nitrogen and oxygen atoms in total. The number of piperidine rings is 1. The van der Waals surface area contributed by atoms with Crippen LogP contribution in [0.3, 0.4) is 0 Å². The Bertz CT molecular complexity index is 822. The summed E-state index contributed by atoms with van der Waals surface area (Å²) in [6.45, 7) is 1.76. The predicted octanol–water partition coefficient (Wildman–Crippen LogP) is 2.48. The minimum atomic E-state index is -0.829. The molecule has 0 unspecified atom stereocenters. The van der Waals surface area contributed by atoms with Gasteiger partial charge in [0.2, 0.25) is 0 Å². The molecule has 1 aliphatic heterocycles. The fraction of sp³-hybridized carbons (Fsp3) is 0.368. The Balaban J connectivity index is 1.85. The molecule has 0 bridgehead atoms. The van der Waals surface area contributed by atoms with Gasteiger partial charge in [0.25, 0.3) is 0 Å². The second kappa shape index (κ2) is 6.00. The molecule has 124 valence electrons. The first-order valence-electron chi connectivity index (χ1n) is 8.43. The first-order valence-corrected chi connectivity index (χ1v) is 8.43. The van der Waals surface area contributed by atoms with Crippen LogP contribution >= 0.6 is 0 Å². The molecule has 1 atom stereocenters. The zero-order chi connectivity index (χ0) is 16.6. The molecular formula is C19H22N4O. The van der Waals surface area contributed by atoms with E-state index in [1.54, 1.807) is 0 Å². The Morgan fingerprint density at radius 3 is 2.42 bits per heavy atom. The van der Waals surface area contributed by atoms with Gasteiger partial charge >= 0.3 is 0 Å². The third-order valence-electron chi connectivity index (χ3n) is 5.10. The molecule has 5 heteroatoms. The second-order valence-electron chi connectivity index (χ2n) is 6.74. The molecule has 0 spiro atoms. The maximum atomic E-state index is 11.5. The van der Waals surface area contributed by atoms with Gasteiger partial charge < -0.3 is 10.0 Å². The maximum Gasteiger partial charge on any atom is 0.113 e. The summed E-state index contributed by atoms with van der Waals surface area (Å²) in [4.78, 5) is 2.26. The molecule has 1 N–H and O–H groups in total. The van der Waals surface area contributed by atoms with E-state index in [9.17, 15) is 5.11 Å². The van der Waals surface area contributed by atoms with Crippen LogP contribution in [0.1, 0.15) is 24.4 Å². The molecule has 4 rings (SSSR count). The van der Waals surface area contributed by atoms with Crippen molar-refractivity contribution in [1.82, 2.24) is 19.9 Å². The number of fused-ring (bicyclic) bond motifs is 1. The van der Waals surface area contributed by atoms with E-state index < -0.39 is 5.60 Å². The van der Waals surface area contributed by atoms with Crippen molar-refractivity contribution in [2.45, 2.75) is 24.5 Å². The third kappa shape index (κ3) is 2.60. The monoisotopic (exact) mass is 322 g/mol. The Morgan fingerprint density at radius 2 is 1.67 bits per heavy atom. The lowest BCUT2D eigenvalue weighted by atomic mass is 9.81. The van der Waals surface area contributed by atoms with Crippen LogP contribution in [0.4, 0.5) is 0 Å². The first-order chi connectivity index (χ1) is 11.7. The first kappa shape index (κ1) is 15.3. The fourth-order valence-electron chi connectivity index (χ4n) is 3.67. The van der Waals surface area contributed by atoms with E-state index in [1.807, 2.05) is 47.1 Å². The van der Waals surface area contributed by atoms with Crippen molar-refractivity contribution < 1.29 is 5.11 Å². The van der Waals surface area contributed by atoms with Gasteiger partial charge in [0.15, 0.2) is 0 Å². The highest BCUT2D eigenvalue weighted by Gasteiger charge is 2.42. The molecule has 1 fully saturated rings. The molecule has 1 saturated heterocycles. The van der Waals surface area contributed by atoms with Crippen molar-refractivity contribution in [2.75, 3.05) is 20.1 Å². The number of hydrogen-bond acceptors (Lipinski definition) is 4. The largest absolute Gasteiger partial charge is 0.387 e. The van der Waals surface area contributed by atoms with E-state index in [1.165, 1.54) is 0 Å². The Hall–Kier alpha value is -2.24. The number of benzene rings is 2. The van der Waals surface area contributed by atoms with Crippen LogP contribution in [0.2, 0.25) is 0 Å². The van der Waals surface area contributed by atoms with Crippen molar-refractivity contribution in [3.8, 4) is 0 Å². The second-order valence-corrected chi connectivity index (χ2v) is 6.74. The molecule has 0 aliphatic carbocycles. The zero-order valence-corrected chi connectivity index (χ0v) is 13.8. The minimum absolute atomic E-state index is 0.236. The molecule has 24 heavy (non-hydrogen) atoms. The number of aliphatic hydroxyl groups is 1. The van der Waals surface area contributed by atoms with Crippen molar-refractivity contribution >= 4 is 11.0 Å². The number of hydrogen-bond donors (Lipinski definition) is 1. The third-order valence-corrected chi connectivity index (χ3v) is 5.10. The molecular weight excluding hydrogens is 300 g/mol. The summed E-state index contributed by atoms with van der Waals surface area (Å²) in [7, 11) is 2.10. The summed E-state index contributed by atoms with van der Waals surface area (Å²) in [6.07, 6.45) is 1.44. The van der Waals surface area contributed by atoms with Gasteiger partial charge in [-0.25, -0.2) is 4.68 Å². The van der Waals surface area contributed by atoms with E-state index in [0.717, 1.165) is 42.5 Å². The van der Waals surface area contributed by atoms with E-state index in [4.69, 9.17) is 0 Å². The summed E-state index contributed by atoms with van der Waals surface area (Å²) in [5, 5.41) is 20.2. The quantitative estimate of drug-likeness (QED) is 0.805. The molecule has 0 amide bonds. The van der Waals surface area contributed by atoms with Gasteiger partial charge in [0, 0.05) is 13.1 Å². The number of likely N-dealkylation sites (tertiary alicyclic amines) is 1. The lowest BCUT2D eigenvalue weighted by Gasteiger charge is -2.42. The molecule has 3 aromatic rings. The van der Waals surface area contributed by atoms with Gasteiger partial charge in [-0.1, -0.05) is 47.7 Å². The van der Waals surface area contributed by atoms with Crippen LogP contribution in [-0.4, -0.2) is 50.7 Å². The molecule has 2 heterocycles. The zero-order valence-electron chi connectivity index (χ0n) is 13.8. The molecule has 1 aromatic heterocycles. The van der Waals surface area contributed by atoms with Crippen LogP contribution < -0.4 is 0 Å². The number of nitrogens with zero attached hydrogens (tertiary/aromatic N) is 4. The Labute approximate surface area is 141 Å². The Morgan fingerprint density at radius 1 is 1.00 bits per heavy atom. The van der Waals surface area contributed by atoms with Gasteiger partial charge in [-0.3, -0.25) is 0 Å². The number of para-hydroxylation sites is 1. The van der Waals surface area contributed by atoms with Crippen LogP contribution in [0.15, 0.2) is 54.6 Å². The highest BCUT2D eigenvalue weighted by molar-refractivity contribution is 5.74. The van der Waals surface area contributed by atoms with Crippen LogP contribution in [0, 0.1) is 0 Å². The summed E-state index contributed by atoms with van der Waals surface area (Å²) >= 11 is 0. The highest BCUT2D eigenvalue weighted by Crippen LogP contribution is 2.38. The fourth-order valence-corrected chi connectivity index (χ4v) is 3.67. The average molecular weight is 322 g/mol. The van der Waals surface area contributed by atoms with Crippen molar-refractivity contribution in [3.63, 3.8) is 0 Å². The smallest absolute Gasteiger partial charge is 0.113 e. The van der Waals surface area contributed by atoms with Gasteiger partial charge in [0.1, 0.15) is 11.6 Å². The number of rotatable bonds is 3. The van der Waals surface area contributed by atoms with Gasteiger partial charge in [-0.2, -0.15) is 0 Å². The Kier molecular flexibility index (Phi) is 3.82. The number of aromatic nitrogens is 3. The summed E-state index contributed by atoms with van der Waals surface area (Å²) in [6, 6.07) is 17.8. The van der Waals surface area contributed by atoms with Gasteiger partial charge in [-0.05, 0) is 37.6 Å². The van der Waals surface area contributed by atoms with Crippen LogP contribution in [-0.2, 0) is 0 Å².